The lowest BCUT2D eigenvalue weighted by molar-refractivity contribution is -0.392. The molecule has 0 amide bonds. The summed E-state index contributed by atoms with van der Waals surface area (Å²) < 4.78 is 3.75. The molecule has 1 aliphatic rings. The van der Waals surface area contributed by atoms with Crippen LogP contribution in [0.3, 0.4) is 0 Å². The van der Waals surface area contributed by atoms with Gasteiger partial charge in [-0.15, -0.1) is 0 Å². The van der Waals surface area contributed by atoms with Gasteiger partial charge < -0.3 is 20.0 Å². The zero-order chi connectivity index (χ0) is 18.8. The fraction of sp³-hybridized carbons (Fsp3) is 0.444. The molecule has 1 fully saturated rings. The van der Waals surface area contributed by atoms with Gasteiger partial charge in [0.1, 0.15) is 6.20 Å². The first-order chi connectivity index (χ1) is 13.2. The summed E-state index contributed by atoms with van der Waals surface area (Å²) in [6.45, 7) is 8.07. The Balaban J connectivity index is 1.75. The normalized spacial score (nSPS) is 15.4. The zero-order valence-electron chi connectivity index (χ0n) is 15.3. The maximum absolute atomic E-state index is 11.3. The smallest absolute Gasteiger partial charge is 0.343 e. The van der Waals surface area contributed by atoms with Crippen LogP contribution in [0.15, 0.2) is 30.5 Å². The van der Waals surface area contributed by atoms with Crippen LogP contribution in [0.4, 0.5) is 5.82 Å². The van der Waals surface area contributed by atoms with E-state index in [4.69, 9.17) is 4.98 Å². The Morgan fingerprint density at radius 2 is 1.93 bits per heavy atom. The van der Waals surface area contributed by atoms with Crippen LogP contribution in [0.5, 0.6) is 0 Å². The Morgan fingerprint density at radius 3 is 2.67 bits per heavy atom. The first-order valence-electron chi connectivity index (χ1n) is 9.27. The number of para-hydroxylation sites is 2. The third kappa shape index (κ3) is 3.31. The monoisotopic (exact) mass is 369 g/mol. The number of nitrogens with one attached hydrogen (secondary N) is 1. The van der Waals surface area contributed by atoms with Crippen LogP contribution in [0, 0.1) is 10.1 Å². The standard InChI is InChI=1S/C18H23N7O2/c1-2-23-16(25(26)27)13-20-17(23)18-21-14-5-3-4-6-15(14)24(18)12-11-22-9-7-19-8-10-22/h3-6,13,19H,2,7-12H2,1H3. The first-order valence-corrected chi connectivity index (χ1v) is 9.27. The number of piperazine rings is 1. The maximum atomic E-state index is 11.3. The highest BCUT2D eigenvalue weighted by Crippen LogP contribution is 2.27. The van der Waals surface area contributed by atoms with E-state index in [2.05, 4.69) is 19.8 Å². The van der Waals surface area contributed by atoms with Gasteiger partial charge in [0.2, 0.25) is 5.82 Å². The van der Waals surface area contributed by atoms with E-state index in [1.54, 1.807) is 4.57 Å². The third-order valence-electron chi connectivity index (χ3n) is 5.04. The minimum absolute atomic E-state index is 0.00629. The van der Waals surface area contributed by atoms with E-state index < -0.39 is 4.92 Å². The minimum Gasteiger partial charge on any atom is -0.358 e. The van der Waals surface area contributed by atoms with Crippen molar-refractivity contribution in [2.24, 2.45) is 0 Å². The predicted molar refractivity (Wildman–Crippen MR) is 103 cm³/mol. The summed E-state index contributed by atoms with van der Waals surface area (Å²) in [5.41, 5.74) is 1.90. The highest BCUT2D eigenvalue weighted by Gasteiger charge is 2.25. The quantitative estimate of drug-likeness (QED) is 0.525. The molecule has 0 atom stereocenters. The van der Waals surface area contributed by atoms with Crippen molar-refractivity contribution in [2.75, 3.05) is 32.7 Å². The number of fused-ring (bicyclic) bond motifs is 1. The lowest BCUT2D eigenvalue weighted by atomic mass is 10.3. The molecule has 0 aliphatic carbocycles. The van der Waals surface area contributed by atoms with Crippen LogP contribution in [0.2, 0.25) is 0 Å². The molecule has 1 N–H and O–H groups in total. The van der Waals surface area contributed by atoms with Crippen molar-refractivity contribution in [3.8, 4) is 11.6 Å². The molecule has 0 radical (unpaired) electrons. The molecule has 0 bridgehead atoms. The van der Waals surface area contributed by atoms with Crippen LogP contribution in [-0.2, 0) is 13.1 Å². The lowest BCUT2D eigenvalue weighted by Crippen LogP contribution is -2.44. The van der Waals surface area contributed by atoms with Gasteiger partial charge in [0.05, 0.1) is 17.6 Å². The Labute approximate surface area is 156 Å². The van der Waals surface area contributed by atoms with Crippen molar-refractivity contribution in [2.45, 2.75) is 20.0 Å². The number of rotatable bonds is 6. The van der Waals surface area contributed by atoms with Crippen LogP contribution in [-0.4, -0.2) is 61.6 Å². The van der Waals surface area contributed by atoms with Gasteiger partial charge in [-0.2, -0.15) is 0 Å². The van der Waals surface area contributed by atoms with Crippen molar-refractivity contribution in [3.05, 3.63) is 40.6 Å². The number of aromatic nitrogens is 4. The molecule has 27 heavy (non-hydrogen) atoms. The molecule has 1 aliphatic heterocycles. The summed E-state index contributed by atoms with van der Waals surface area (Å²) in [5.74, 6) is 1.22. The zero-order valence-corrected chi connectivity index (χ0v) is 15.3. The minimum atomic E-state index is -0.395. The highest BCUT2D eigenvalue weighted by molar-refractivity contribution is 5.79. The van der Waals surface area contributed by atoms with E-state index in [1.165, 1.54) is 6.20 Å². The summed E-state index contributed by atoms with van der Waals surface area (Å²) >= 11 is 0. The molecule has 0 unspecified atom stereocenters. The van der Waals surface area contributed by atoms with Crippen molar-refractivity contribution in [1.82, 2.24) is 29.3 Å². The molecule has 2 aromatic heterocycles. The second-order valence-corrected chi connectivity index (χ2v) is 6.61. The second kappa shape index (κ2) is 7.45. The molecular weight excluding hydrogens is 346 g/mol. The maximum Gasteiger partial charge on any atom is 0.343 e. The SMILES string of the molecule is CCn1c([N+](=O)[O-])cnc1-c1nc2ccccc2n1CCN1CCNCC1. The topological polar surface area (TPSA) is 94.0 Å². The summed E-state index contributed by atoms with van der Waals surface area (Å²) in [5, 5.41) is 14.7. The molecule has 1 saturated heterocycles. The molecule has 3 heterocycles. The number of hydrogen-bond donors (Lipinski definition) is 1. The fourth-order valence-corrected chi connectivity index (χ4v) is 3.65. The van der Waals surface area contributed by atoms with Crippen molar-refractivity contribution >= 4 is 16.9 Å². The predicted octanol–water partition coefficient (Wildman–Crippen LogP) is 1.73. The second-order valence-electron chi connectivity index (χ2n) is 6.61. The van der Waals surface area contributed by atoms with E-state index in [0.29, 0.717) is 18.2 Å². The van der Waals surface area contributed by atoms with E-state index in [-0.39, 0.29) is 5.82 Å². The van der Waals surface area contributed by atoms with E-state index in [0.717, 1.165) is 50.3 Å². The number of nitro groups is 1. The number of benzene rings is 1. The molecule has 0 saturated carbocycles. The van der Waals surface area contributed by atoms with E-state index in [1.807, 2.05) is 31.2 Å². The van der Waals surface area contributed by atoms with Gasteiger partial charge in [0.15, 0.2) is 0 Å². The molecule has 1 aromatic carbocycles. The lowest BCUT2D eigenvalue weighted by Gasteiger charge is -2.27. The van der Waals surface area contributed by atoms with E-state index >= 15 is 0 Å². The Kier molecular flexibility index (Phi) is 4.87. The average molecular weight is 369 g/mol. The van der Waals surface area contributed by atoms with Crippen LogP contribution >= 0.6 is 0 Å². The molecular formula is C18H23N7O2. The highest BCUT2D eigenvalue weighted by atomic mass is 16.6. The summed E-state index contributed by atoms with van der Waals surface area (Å²) in [6.07, 6.45) is 1.32. The molecule has 9 nitrogen and oxygen atoms in total. The number of nitrogens with zero attached hydrogens (tertiary/aromatic N) is 6. The molecule has 142 valence electrons. The first kappa shape index (κ1) is 17.6. The third-order valence-corrected chi connectivity index (χ3v) is 5.04. The average Bonchev–Trinajstić information content (AvgIpc) is 3.28. The van der Waals surface area contributed by atoms with Gasteiger partial charge >= 0.3 is 5.82 Å². The Morgan fingerprint density at radius 1 is 1.15 bits per heavy atom. The van der Waals surface area contributed by atoms with E-state index in [9.17, 15) is 10.1 Å². The Hall–Kier alpha value is -2.78. The van der Waals surface area contributed by atoms with Gasteiger partial charge in [-0.05, 0) is 24.0 Å². The van der Waals surface area contributed by atoms with Gasteiger partial charge in [0, 0.05) is 39.3 Å². The van der Waals surface area contributed by atoms with Crippen LogP contribution < -0.4 is 5.32 Å². The molecule has 4 rings (SSSR count). The molecule has 3 aromatic rings. The van der Waals surface area contributed by atoms with Crippen molar-refractivity contribution in [1.29, 1.82) is 0 Å². The van der Waals surface area contributed by atoms with Crippen LogP contribution in [0.1, 0.15) is 6.92 Å². The van der Waals surface area contributed by atoms with Crippen LogP contribution in [0.25, 0.3) is 22.7 Å². The molecule has 9 heteroatoms. The summed E-state index contributed by atoms with van der Waals surface area (Å²) in [4.78, 5) is 22.4. The van der Waals surface area contributed by atoms with Gasteiger partial charge in [0.25, 0.3) is 5.82 Å². The number of hydrogen-bond acceptors (Lipinski definition) is 6. The largest absolute Gasteiger partial charge is 0.358 e. The summed E-state index contributed by atoms with van der Waals surface area (Å²) in [6, 6.07) is 7.95. The Bertz CT molecular complexity index is 956. The fourth-order valence-electron chi connectivity index (χ4n) is 3.65. The number of imidazole rings is 2. The van der Waals surface area contributed by atoms with Crippen molar-refractivity contribution in [3.63, 3.8) is 0 Å². The summed E-state index contributed by atoms with van der Waals surface area (Å²) in [7, 11) is 0. The van der Waals surface area contributed by atoms with Gasteiger partial charge in [-0.1, -0.05) is 12.1 Å². The van der Waals surface area contributed by atoms with Crippen molar-refractivity contribution < 1.29 is 4.92 Å². The molecule has 0 spiro atoms. The van der Waals surface area contributed by atoms with Gasteiger partial charge in [-0.25, -0.2) is 14.5 Å². The van der Waals surface area contributed by atoms with Gasteiger partial charge in [-0.3, -0.25) is 4.90 Å².